The molecule has 0 radical (unpaired) electrons. The Morgan fingerprint density at radius 3 is 2.50 bits per heavy atom. The highest BCUT2D eigenvalue weighted by atomic mass is 28.4. The maximum absolute atomic E-state index is 11.9. The van der Waals surface area contributed by atoms with E-state index >= 15 is 0 Å². The fourth-order valence-corrected chi connectivity index (χ4v) is 2.27. The lowest BCUT2D eigenvalue weighted by Gasteiger charge is -2.35. The molecule has 20 heavy (non-hydrogen) atoms. The first kappa shape index (κ1) is 16.8. The highest BCUT2D eigenvalue weighted by molar-refractivity contribution is 6.74. The van der Waals surface area contributed by atoms with Crippen LogP contribution >= 0.6 is 0 Å². The van der Waals surface area contributed by atoms with Gasteiger partial charge in [-0.25, -0.2) is 0 Å². The molecule has 1 heterocycles. The smallest absolute Gasteiger partial charge is 0.203 e. The number of pyridine rings is 1. The minimum atomic E-state index is -1.74. The van der Waals surface area contributed by atoms with E-state index in [0.717, 1.165) is 5.56 Å². The van der Waals surface area contributed by atoms with Crippen LogP contribution < -0.4 is 0 Å². The molecule has 0 amide bonds. The quantitative estimate of drug-likeness (QED) is 0.465. The third-order valence-electron chi connectivity index (χ3n) is 3.78. The summed E-state index contributed by atoms with van der Waals surface area (Å²) in [7, 11) is -1.74. The number of nitrogens with zero attached hydrogens (tertiary/aromatic N) is 1. The van der Waals surface area contributed by atoms with Gasteiger partial charge in [0, 0.05) is 6.20 Å². The van der Waals surface area contributed by atoms with Crippen molar-refractivity contribution in [3.05, 3.63) is 41.7 Å². The van der Waals surface area contributed by atoms with Gasteiger partial charge in [-0.2, -0.15) is 0 Å². The molecule has 0 N–H and O–H groups in total. The first-order chi connectivity index (χ1) is 9.13. The van der Waals surface area contributed by atoms with Crippen molar-refractivity contribution in [2.45, 2.75) is 45.8 Å². The van der Waals surface area contributed by atoms with Gasteiger partial charge in [0.15, 0.2) is 8.32 Å². The number of aryl methyl sites for hydroxylation is 1. The lowest BCUT2D eigenvalue weighted by Crippen LogP contribution is -2.40. The molecule has 1 aromatic heterocycles. The van der Waals surface area contributed by atoms with Gasteiger partial charge in [0.05, 0.1) is 6.61 Å². The number of rotatable bonds is 5. The lowest BCUT2D eigenvalue weighted by molar-refractivity contribution is 0.104. The molecule has 0 aliphatic rings. The average Bonchev–Trinajstić information content (AvgIpc) is 2.34. The van der Waals surface area contributed by atoms with Crippen LogP contribution in [0, 0.1) is 6.92 Å². The van der Waals surface area contributed by atoms with Gasteiger partial charge in [-0.3, -0.25) is 9.78 Å². The van der Waals surface area contributed by atoms with Crippen LogP contribution in [-0.2, 0) is 4.43 Å². The zero-order valence-electron chi connectivity index (χ0n) is 13.4. The summed E-state index contributed by atoms with van der Waals surface area (Å²) in [5, 5.41) is 0.184. The van der Waals surface area contributed by atoms with Crippen LogP contribution in [-0.4, -0.2) is 25.7 Å². The predicted octanol–water partition coefficient (Wildman–Crippen LogP) is 4.15. The standard InChI is InChI=1S/C16H25NO2Si/c1-13-9-10-14(17-12-13)15(18)8-7-11-19-20(5,6)16(2,3)4/h7-10,12H,11H2,1-6H3/b8-7+. The lowest BCUT2D eigenvalue weighted by atomic mass is 10.2. The second-order valence-corrected chi connectivity index (χ2v) is 11.4. The summed E-state index contributed by atoms with van der Waals surface area (Å²) in [4.78, 5) is 16.0. The van der Waals surface area contributed by atoms with Gasteiger partial charge in [0.1, 0.15) is 5.69 Å². The topological polar surface area (TPSA) is 39.2 Å². The molecule has 4 heteroatoms. The molecule has 1 rings (SSSR count). The number of allylic oxidation sites excluding steroid dienone is 1. The first-order valence-electron chi connectivity index (χ1n) is 6.91. The van der Waals surface area contributed by atoms with E-state index in [0.29, 0.717) is 12.3 Å². The predicted molar refractivity (Wildman–Crippen MR) is 85.6 cm³/mol. The largest absolute Gasteiger partial charge is 0.413 e. The minimum absolute atomic E-state index is 0.0798. The zero-order chi connectivity index (χ0) is 15.4. The van der Waals surface area contributed by atoms with Crippen molar-refractivity contribution in [3.8, 4) is 0 Å². The number of aromatic nitrogens is 1. The molecule has 0 saturated carbocycles. The van der Waals surface area contributed by atoms with Gasteiger partial charge in [-0.15, -0.1) is 0 Å². The van der Waals surface area contributed by atoms with Gasteiger partial charge in [-0.05, 0) is 42.8 Å². The molecule has 0 aromatic carbocycles. The Bertz CT molecular complexity index is 484. The molecular formula is C16H25NO2Si. The molecule has 1 aromatic rings. The van der Waals surface area contributed by atoms with Crippen LogP contribution in [0.4, 0.5) is 0 Å². The minimum Gasteiger partial charge on any atom is -0.413 e. The molecule has 0 aliphatic carbocycles. The van der Waals surface area contributed by atoms with E-state index in [2.05, 4.69) is 38.8 Å². The molecule has 0 unspecified atom stereocenters. The summed E-state index contributed by atoms with van der Waals surface area (Å²) in [6, 6.07) is 3.64. The van der Waals surface area contributed by atoms with Crippen molar-refractivity contribution in [2.24, 2.45) is 0 Å². The van der Waals surface area contributed by atoms with Crippen molar-refractivity contribution >= 4 is 14.1 Å². The third-order valence-corrected chi connectivity index (χ3v) is 8.28. The fourth-order valence-electron chi connectivity index (χ4n) is 1.33. The Morgan fingerprint density at radius 1 is 1.35 bits per heavy atom. The number of carbonyl (C=O) groups excluding carboxylic acids is 1. The van der Waals surface area contributed by atoms with E-state index < -0.39 is 8.32 Å². The molecular weight excluding hydrogens is 266 g/mol. The molecule has 0 atom stereocenters. The van der Waals surface area contributed by atoms with Crippen LogP contribution in [0.2, 0.25) is 18.1 Å². The molecule has 0 aliphatic heterocycles. The van der Waals surface area contributed by atoms with Gasteiger partial charge >= 0.3 is 0 Å². The van der Waals surface area contributed by atoms with E-state index in [1.165, 1.54) is 0 Å². The monoisotopic (exact) mass is 291 g/mol. The van der Waals surface area contributed by atoms with Crippen LogP contribution in [0.5, 0.6) is 0 Å². The van der Waals surface area contributed by atoms with E-state index in [4.69, 9.17) is 4.43 Å². The summed E-state index contributed by atoms with van der Waals surface area (Å²) in [5.41, 5.74) is 1.52. The summed E-state index contributed by atoms with van der Waals surface area (Å²) < 4.78 is 5.98. The molecule has 0 fully saturated rings. The Kier molecular flexibility index (Phi) is 5.42. The Balaban J connectivity index is 2.54. The number of carbonyl (C=O) groups is 1. The number of hydrogen-bond acceptors (Lipinski definition) is 3. The zero-order valence-corrected chi connectivity index (χ0v) is 14.4. The van der Waals surface area contributed by atoms with Gasteiger partial charge < -0.3 is 4.43 Å². The Hall–Kier alpha value is -1.26. The van der Waals surface area contributed by atoms with E-state index in [1.807, 2.05) is 13.0 Å². The van der Waals surface area contributed by atoms with E-state index in [9.17, 15) is 4.79 Å². The Morgan fingerprint density at radius 2 is 2.00 bits per heavy atom. The highest BCUT2D eigenvalue weighted by Gasteiger charge is 2.36. The molecule has 0 bridgehead atoms. The highest BCUT2D eigenvalue weighted by Crippen LogP contribution is 2.36. The van der Waals surface area contributed by atoms with Crippen LogP contribution in [0.1, 0.15) is 36.8 Å². The van der Waals surface area contributed by atoms with Crippen molar-refractivity contribution in [2.75, 3.05) is 6.61 Å². The van der Waals surface area contributed by atoms with Gasteiger partial charge in [0.25, 0.3) is 0 Å². The summed E-state index contributed by atoms with van der Waals surface area (Å²) in [5.74, 6) is -0.0798. The second-order valence-electron chi connectivity index (χ2n) is 6.56. The number of hydrogen-bond donors (Lipinski definition) is 0. The normalized spacial score (nSPS) is 12.9. The Labute approximate surface area is 123 Å². The summed E-state index contributed by atoms with van der Waals surface area (Å²) in [6.45, 7) is 13.4. The van der Waals surface area contributed by atoms with Crippen LogP contribution in [0.25, 0.3) is 0 Å². The van der Waals surface area contributed by atoms with Crippen molar-refractivity contribution < 1.29 is 9.22 Å². The molecule has 3 nitrogen and oxygen atoms in total. The van der Waals surface area contributed by atoms with Gasteiger partial charge in [-0.1, -0.05) is 32.9 Å². The maximum atomic E-state index is 11.9. The van der Waals surface area contributed by atoms with Crippen molar-refractivity contribution in [1.29, 1.82) is 0 Å². The van der Waals surface area contributed by atoms with E-state index in [-0.39, 0.29) is 10.8 Å². The van der Waals surface area contributed by atoms with Crippen LogP contribution in [0.3, 0.4) is 0 Å². The summed E-state index contributed by atoms with van der Waals surface area (Å²) >= 11 is 0. The second kappa shape index (κ2) is 6.46. The molecule has 0 saturated heterocycles. The van der Waals surface area contributed by atoms with Gasteiger partial charge in [0.2, 0.25) is 5.78 Å². The number of ketones is 1. The SMILES string of the molecule is Cc1ccc(C(=O)/C=C/CO[Si](C)(C)C(C)(C)C)nc1. The van der Waals surface area contributed by atoms with Crippen LogP contribution in [0.15, 0.2) is 30.5 Å². The maximum Gasteiger partial charge on any atom is 0.203 e. The van der Waals surface area contributed by atoms with Crippen molar-refractivity contribution in [1.82, 2.24) is 4.98 Å². The molecule has 110 valence electrons. The third kappa shape index (κ3) is 4.69. The summed E-state index contributed by atoms with van der Waals surface area (Å²) in [6.07, 6.45) is 5.03. The molecule has 0 spiro atoms. The fraction of sp³-hybridized carbons (Fsp3) is 0.500. The average molecular weight is 291 g/mol. The van der Waals surface area contributed by atoms with E-state index in [1.54, 1.807) is 24.4 Å². The first-order valence-corrected chi connectivity index (χ1v) is 9.82. The van der Waals surface area contributed by atoms with Crippen molar-refractivity contribution in [3.63, 3.8) is 0 Å².